The van der Waals surface area contributed by atoms with E-state index in [1.165, 1.54) is 0 Å². The van der Waals surface area contributed by atoms with E-state index < -0.39 is 0 Å². The van der Waals surface area contributed by atoms with Crippen molar-refractivity contribution >= 4 is 22.6 Å². The van der Waals surface area contributed by atoms with Gasteiger partial charge in [0.1, 0.15) is 0 Å². The van der Waals surface area contributed by atoms with Crippen molar-refractivity contribution in [3.8, 4) is 0 Å². The Hall–Kier alpha value is -2.18. The van der Waals surface area contributed by atoms with Crippen molar-refractivity contribution in [2.24, 2.45) is 0 Å². The Bertz CT molecular complexity index is 734. The van der Waals surface area contributed by atoms with Crippen LogP contribution in [0.4, 0.5) is 10.5 Å². The van der Waals surface area contributed by atoms with E-state index in [4.69, 9.17) is 4.74 Å². The third kappa shape index (κ3) is 3.83. The number of hydrogen-bond acceptors (Lipinski definition) is 4. The summed E-state index contributed by atoms with van der Waals surface area (Å²) in [5.41, 5.74) is 2.43. The average Bonchev–Trinajstić information content (AvgIpc) is 2.55. The minimum Gasteiger partial charge on any atom is -0.373 e. The van der Waals surface area contributed by atoms with Crippen molar-refractivity contribution in [3.05, 3.63) is 36.0 Å². The number of benzene rings is 1. The summed E-state index contributed by atoms with van der Waals surface area (Å²) in [6, 6.07) is 9.42. The molecule has 2 N–H and O–H groups in total. The van der Waals surface area contributed by atoms with Gasteiger partial charge in [-0.1, -0.05) is 18.2 Å². The number of hydrogen-bond donors (Lipinski definition) is 2. The van der Waals surface area contributed by atoms with Gasteiger partial charge >= 0.3 is 6.03 Å². The van der Waals surface area contributed by atoms with E-state index in [-0.39, 0.29) is 18.2 Å². The van der Waals surface area contributed by atoms with Crippen LogP contribution < -0.4 is 10.6 Å². The molecule has 1 aliphatic rings. The predicted octanol–water partition coefficient (Wildman–Crippen LogP) is 2.38. The fourth-order valence-electron chi connectivity index (χ4n) is 2.92. The number of nitrogens with zero attached hydrogens (tertiary/aromatic N) is 2. The fourth-order valence-corrected chi connectivity index (χ4v) is 2.92. The van der Waals surface area contributed by atoms with Gasteiger partial charge in [-0.25, -0.2) is 4.79 Å². The molecule has 0 saturated carbocycles. The average molecular weight is 328 g/mol. The second kappa shape index (κ2) is 7.15. The molecule has 1 aliphatic heterocycles. The second-order valence-electron chi connectivity index (χ2n) is 6.39. The molecule has 1 aromatic carbocycles. The lowest BCUT2D eigenvalue weighted by molar-refractivity contribution is -0.0331. The molecular weight excluding hydrogens is 304 g/mol. The molecule has 6 nitrogen and oxygen atoms in total. The van der Waals surface area contributed by atoms with Crippen LogP contribution in [0.25, 0.3) is 10.9 Å². The molecule has 0 spiro atoms. The number of amides is 2. The van der Waals surface area contributed by atoms with E-state index in [0.717, 1.165) is 29.7 Å². The number of rotatable bonds is 3. The lowest BCUT2D eigenvalue weighted by Gasteiger charge is -2.33. The Morgan fingerprint density at radius 1 is 1.38 bits per heavy atom. The van der Waals surface area contributed by atoms with Gasteiger partial charge in [-0.05, 0) is 33.0 Å². The van der Waals surface area contributed by atoms with Crippen LogP contribution >= 0.6 is 0 Å². The molecule has 0 unspecified atom stereocenters. The molecule has 1 fully saturated rings. The zero-order chi connectivity index (χ0) is 17.1. The van der Waals surface area contributed by atoms with Crippen LogP contribution in [0.5, 0.6) is 0 Å². The normalized spacial score (nSPS) is 19.9. The van der Waals surface area contributed by atoms with Crippen molar-refractivity contribution in [3.63, 3.8) is 0 Å². The number of aryl methyl sites for hydroxylation is 1. The summed E-state index contributed by atoms with van der Waals surface area (Å²) in [6.45, 7) is 6.35. The number of nitrogens with one attached hydrogen (secondary N) is 2. The lowest BCUT2D eigenvalue weighted by atomic mass is 10.1. The topological polar surface area (TPSA) is 66.5 Å². The smallest absolute Gasteiger partial charge is 0.319 e. The largest absolute Gasteiger partial charge is 0.373 e. The first-order valence-electron chi connectivity index (χ1n) is 8.27. The van der Waals surface area contributed by atoms with E-state index in [1.54, 1.807) is 0 Å². The van der Waals surface area contributed by atoms with Crippen LogP contribution in [-0.2, 0) is 4.74 Å². The molecular formula is C18H24N4O2. The Balaban J connectivity index is 1.67. The van der Waals surface area contributed by atoms with E-state index in [9.17, 15) is 4.79 Å². The van der Waals surface area contributed by atoms with Crippen molar-refractivity contribution in [2.75, 3.05) is 32.1 Å². The van der Waals surface area contributed by atoms with Gasteiger partial charge in [-0.3, -0.25) is 4.98 Å². The number of carbonyl (C=O) groups is 1. The third-order valence-electron chi connectivity index (χ3n) is 4.32. The van der Waals surface area contributed by atoms with Crippen LogP contribution in [0.3, 0.4) is 0 Å². The number of pyridine rings is 1. The molecule has 0 bridgehead atoms. The maximum Gasteiger partial charge on any atom is 0.319 e. The van der Waals surface area contributed by atoms with Gasteiger partial charge in [-0.15, -0.1) is 0 Å². The van der Waals surface area contributed by atoms with Crippen LogP contribution in [0.1, 0.15) is 12.6 Å². The number of aromatic nitrogens is 1. The lowest BCUT2D eigenvalue weighted by Crippen LogP contribution is -2.52. The van der Waals surface area contributed by atoms with Crippen LogP contribution in [0.2, 0.25) is 0 Å². The molecule has 1 saturated heterocycles. The summed E-state index contributed by atoms with van der Waals surface area (Å²) < 4.78 is 5.75. The molecule has 2 heterocycles. The molecule has 2 amide bonds. The molecule has 0 radical (unpaired) electrons. The Morgan fingerprint density at radius 3 is 3.00 bits per heavy atom. The maximum atomic E-state index is 12.4. The Kier molecular flexibility index (Phi) is 4.97. The molecule has 6 heteroatoms. The van der Waals surface area contributed by atoms with Gasteiger partial charge in [-0.2, -0.15) is 0 Å². The first kappa shape index (κ1) is 16.7. The number of ether oxygens (including phenoxy) is 1. The summed E-state index contributed by atoms with van der Waals surface area (Å²) in [6.07, 6.45) is 0.00221. The van der Waals surface area contributed by atoms with E-state index >= 15 is 0 Å². The quantitative estimate of drug-likeness (QED) is 0.908. The van der Waals surface area contributed by atoms with Gasteiger partial charge in [0.25, 0.3) is 0 Å². The van der Waals surface area contributed by atoms with E-state index in [1.807, 2.05) is 44.2 Å². The zero-order valence-electron chi connectivity index (χ0n) is 14.4. The van der Waals surface area contributed by atoms with Gasteiger partial charge in [0.05, 0.1) is 30.0 Å². The zero-order valence-corrected chi connectivity index (χ0v) is 14.4. The summed E-state index contributed by atoms with van der Waals surface area (Å²) in [5.74, 6) is 0. The number of para-hydroxylation sites is 1. The van der Waals surface area contributed by atoms with Crippen molar-refractivity contribution in [1.82, 2.24) is 15.2 Å². The summed E-state index contributed by atoms with van der Waals surface area (Å²) in [5, 5.41) is 6.88. The highest BCUT2D eigenvalue weighted by Crippen LogP contribution is 2.21. The van der Waals surface area contributed by atoms with Gasteiger partial charge in [0.15, 0.2) is 0 Å². The van der Waals surface area contributed by atoms with Gasteiger partial charge in [0, 0.05) is 24.2 Å². The molecule has 0 aliphatic carbocycles. The number of urea groups is 1. The van der Waals surface area contributed by atoms with E-state index in [2.05, 4.69) is 27.6 Å². The van der Waals surface area contributed by atoms with Crippen LogP contribution in [0.15, 0.2) is 30.3 Å². The first-order chi connectivity index (χ1) is 11.5. The third-order valence-corrected chi connectivity index (χ3v) is 4.32. The van der Waals surface area contributed by atoms with Crippen molar-refractivity contribution in [2.45, 2.75) is 26.0 Å². The number of morpholine rings is 1. The molecule has 2 aromatic rings. The Labute approximate surface area is 142 Å². The number of likely N-dealkylation sites (N-methyl/N-ethyl adjacent to an activating group) is 1. The summed E-state index contributed by atoms with van der Waals surface area (Å²) >= 11 is 0. The molecule has 1 aromatic heterocycles. The first-order valence-corrected chi connectivity index (χ1v) is 8.27. The van der Waals surface area contributed by atoms with Gasteiger partial charge < -0.3 is 20.3 Å². The number of carbonyl (C=O) groups excluding carboxylic acids is 1. The van der Waals surface area contributed by atoms with Gasteiger partial charge in [0.2, 0.25) is 0 Å². The SMILES string of the molecule is Cc1ccc2cccc(NC(=O)N[C@H](C)[C@@H]3CN(C)CCO3)c2n1. The standard InChI is InChI=1S/C18H24N4O2/c1-12-7-8-14-5-4-6-15(17(14)19-12)21-18(23)20-13(2)16-11-22(3)9-10-24-16/h4-8,13,16H,9-11H2,1-3H3,(H2,20,21,23)/t13-,16+/m1/s1. The summed E-state index contributed by atoms with van der Waals surface area (Å²) in [7, 11) is 2.06. The molecule has 2 atom stereocenters. The maximum absolute atomic E-state index is 12.4. The molecule has 3 rings (SSSR count). The second-order valence-corrected chi connectivity index (χ2v) is 6.39. The number of fused-ring (bicyclic) bond motifs is 1. The highest BCUT2D eigenvalue weighted by atomic mass is 16.5. The minimum atomic E-state index is -0.241. The highest BCUT2D eigenvalue weighted by Gasteiger charge is 2.24. The Morgan fingerprint density at radius 2 is 2.21 bits per heavy atom. The highest BCUT2D eigenvalue weighted by molar-refractivity contribution is 5.99. The van der Waals surface area contributed by atoms with Crippen molar-refractivity contribution < 1.29 is 9.53 Å². The van der Waals surface area contributed by atoms with E-state index in [0.29, 0.717) is 12.3 Å². The molecule has 24 heavy (non-hydrogen) atoms. The fraction of sp³-hybridized carbons (Fsp3) is 0.444. The van der Waals surface area contributed by atoms with Crippen molar-refractivity contribution in [1.29, 1.82) is 0 Å². The monoisotopic (exact) mass is 328 g/mol. The van der Waals surface area contributed by atoms with Crippen LogP contribution in [-0.4, -0.2) is 54.8 Å². The number of anilines is 1. The minimum absolute atomic E-state index is 0.00221. The summed E-state index contributed by atoms with van der Waals surface area (Å²) in [4.78, 5) is 19.1. The van der Waals surface area contributed by atoms with Crippen LogP contribution in [0, 0.1) is 6.92 Å². The molecule has 128 valence electrons. The predicted molar refractivity (Wildman–Crippen MR) is 95.3 cm³/mol.